The second kappa shape index (κ2) is 6.04. The van der Waals surface area contributed by atoms with Crippen LogP contribution in [0.3, 0.4) is 0 Å². The molecule has 0 aliphatic rings. The van der Waals surface area contributed by atoms with Crippen molar-refractivity contribution in [2.45, 2.75) is 19.4 Å². The highest BCUT2D eigenvalue weighted by Crippen LogP contribution is 2.12. The van der Waals surface area contributed by atoms with E-state index in [0.29, 0.717) is 5.69 Å². The molecule has 100 valence electrons. The lowest BCUT2D eigenvalue weighted by atomic mass is 10.2. The Morgan fingerprint density at radius 2 is 2.32 bits per heavy atom. The number of furan rings is 1. The molecule has 2 aromatic rings. The minimum atomic E-state index is -0.192. The highest BCUT2D eigenvalue weighted by Gasteiger charge is 2.08. The summed E-state index contributed by atoms with van der Waals surface area (Å²) in [7, 11) is 1.59. The molecule has 0 aliphatic carbocycles. The summed E-state index contributed by atoms with van der Waals surface area (Å²) in [4.78, 5) is 15.5. The third kappa shape index (κ3) is 3.58. The third-order valence-corrected chi connectivity index (χ3v) is 2.72. The van der Waals surface area contributed by atoms with E-state index >= 15 is 0 Å². The van der Waals surface area contributed by atoms with Crippen LogP contribution in [0.5, 0.6) is 0 Å². The Bertz CT molecular complexity index is 537. The Hall–Kier alpha value is -2.30. The zero-order chi connectivity index (χ0) is 13.7. The molecule has 5 nitrogen and oxygen atoms in total. The first kappa shape index (κ1) is 13.1. The summed E-state index contributed by atoms with van der Waals surface area (Å²) in [6.07, 6.45) is 4.06. The zero-order valence-corrected chi connectivity index (χ0v) is 11.0. The Labute approximate surface area is 112 Å². The highest BCUT2D eigenvalue weighted by atomic mass is 16.3. The predicted octanol–water partition coefficient (Wildman–Crippen LogP) is 2.08. The number of pyridine rings is 1. The van der Waals surface area contributed by atoms with E-state index in [2.05, 4.69) is 22.5 Å². The number of carbonyl (C=O) groups excluding carboxylic acids is 1. The first-order chi connectivity index (χ1) is 9.19. The van der Waals surface area contributed by atoms with Crippen LogP contribution in [0.25, 0.3) is 0 Å². The van der Waals surface area contributed by atoms with Gasteiger partial charge in [-0.25, -0.2) is 0 Å². The van der Waals surface area contributed by atoms with Gasteiger partial charge in [0.15, 0.2) is 0 Å². The van der Waals surface area contributed by atoms with Gasteiger partial charge in [0.25, 0.3) is 5.91 Å². The van der Waals surface area contributed by atoms with Gasteiger partial charge >= 0.3 is 0 Å². The van der Waals surface area contributed by atoms with Crippen LogP contribution in [0, 0.1) is 0 Å². The van der Waals surface area contributed by atoms with E-state index in [0.717, 1.165) is 17.9 Å². The monoisotopic (exact) mass is 259 g/mol. The molecule has 0 aromatic carbocycles. The van der Waals surface area contributed by atoms with Crippen molar-refractivity contribution in [3.63, 3.8) is 0 Å². The molecule has 0 aliphatic heterocycles. The van der Waals surface area contributed by atoms with E-state index in [9.17, 15) is 4.79 Å². The van der Waals surface area contributed by atoms with Gasteiger partial charge in [-0.2, -0.15) is 0 Å². The summed E-state index contributed by atoms with van der Waals surface area (Å²) in [6.45, 7) is 2.06. The molecule has 2 heterocycles. The summed E-state index contributed by atoms with van der Waals surface area (Å²) in [5, 5.41) is 5.87. The van der Waals surface area contributed by atoms with E-state index in [1.807, 2.05) is 18.2 Å². The van der Waals surface area contributed by atoms with E-state index < -0.39 is 0 Å². The SMILES string of the molecule is CNC(=O)c1cc(NC(C)Cc2ccco2)ccn1. The van der Waals surface area contributed by atoms with Crippen molar-refractivity contribution < 1.29 is 9.21 Å². The van der Waals surface area contributed by atoms with Crippen molar-refractivity contribution in [1.29, 1.82) is 0 Å². The Balaban J connectivity index is 2.00. The topological polar surface area (TPSA) is 67.2 Å². The van der Waals surface area contributed by atoms with Gasteiger partial charge in [0.2, 0.25) is 0 Å². The smallest absolute Gasteiger partial charge is 0.269 e. The molecule has 1 atom stereocenters. The van der Waals surface area contributed by atoms with Gasteiger partial charge in [0.1, 0.15) is 11.5 Å². The highest BCUT2D eigenvalue weighted by molar-refractivity contribution is 5.92. The molecular formula is C14H17N3O2. The lowest BCUT2D eigenvalue weighted by molar-refractivity contribution is 0.0958. The van der Waals surface area contributed by atoms with Gasteiger partial charge in [-0.1, -0.05) is 0 Å². The van der Waals surface area contributed by atoms with Crippen LogP contribution in [0.2, 0.25) is 0 Å². The Morgan fingerprint density at radius 3 is 3.00 bits per heavy atom. The number of anilines is 1. The van der Waals surface area contributed by atoms with Crippen LogP contribution in [0.4, 0.5) is 5.69 Å². The number of carbonyl (C=O) groups is 1. The average Bonchev–Trinajstić information content (AvgIpc) is 2.90. The number of nitrogens with one attached hydrogen (secondary N) is 2. The fraction of sp³-hybridized carbons (Fsp3) is 0.286. The quantitative estimate of drug-likeness (QED) is 0.862. The van der Waals surface area contributed by atoms with Crippen LogP contribution in [0.15, 0.2) is 41.1 Å². The van der Waals surface area contributed by atoms with Gasteiger partial charge in [0, 0.05) is 31.4 Å². The second-order valence-electron chi connectivity index (χ2n) is 4.34. The molecular weight excluding hydrogens is 242 g/mol. The molecule has 0 fully saturated rings. The van der Waals surface area contributed by atoms with Crippen molar-refractivity contribution in [3.05, 3.63) is 48.2 Å². The summed E-state index contributed by atoms with van der Waals surface area (Å²) < 4.78 is 5.30. The Kier molecular flexibility index (Phi) is 4.18. The molecule has 0 saturated heterocycles. The minimum absolute atomic E-state index is 0.192. The summed E-state index contributed by atoms with van der Waals surface area (Å²) in [5.41, 5.74) is 1.27. The number of nitrogens with zero attached hydrogens (tertiary/aromatic N) is 1. The second-order valence-corrected chi connectivity index (χ2v) is 4.34. The molecule has 0 radical (unpaired) electrons. The van der Waals surface area contributed by atoms with Gasteiger partial charge < -0.3 is 15.1 Å². The van der Waals surface area contributed by atoms with Crippen LogP contribution < -0.4 is 10.6 Å². The van der Waals surface area contributed by atoms with Gasteiger partial charge in [0.05, 0.1) is 6.26 Å². The maximum atomic E-state index is 11.5. The van der Waals surface area contributed by atoms with Crippen LogP contribution in [0.1, 0.15) is 23.2 Å². The molecule has 2 rings (SSSR count). The molecule has 0 saturated carbocycles. The molecule has 2 aromatic heterocycles. The molecule has 19 heavy (non-hydrogen) atoms. The Morgan fingerprint density at radius 1 is 1.47 bits per heavy atom. The van der Waals surface area contributed by atoms with E-state index in [-0.39, 0.29) is 11.9 Å². The summed E-state index contributed by atoms with van der Waals surface area (Å²) in [6, 6.07) is 7.59. The first-order valence-corrected chi connectivity index (χ1v) is 6.16. The molecule has 1 unspecified atom stereocenters. The molecule has 0 spiro atoms. The van der Waals surface area contributed by atoms with Crippen molar-refractivity contribution >= 4 is 11.6 Å². The standard InChI is InChI=1S/C14H17N3O2/c1-10(8-12-4-3-7-19-12)17-11-5-6-16-13(9-11)14(18)15-2/h3-7,9-10H,8H2,1-2H3,(H,15,18)(H,16,17). The lowest BCUT2D eigenvalue weighted by Crippen LogP contribution is -2.21. The molecule has 0 bridgehead atoms. The summed E-state index contributed by atoms with van der Waals surface area (Å²) >= 11 is 0. The maximum Gasteiger partial charge on any atom is 0.269 e. The van der Waals surface area contributed by atoms with Crippen molar-refractivity contribution in [2.24, 2.45) is 0 Å². The first-order valence-electron chi connectivity index (χ1n) is 6.16. The number of aromatic nitrogens is 1. The zero-order valence-electron chi connectivity index (χ0n) is 11.0. The predicted molar refractivity (Wildman–Crippen MR) is 73.1 cm³/mol. The van der Waals surface area contributed by atoms with Gasteiger partial charge in [-0.3, -0.25) is 9.78 Å². The van der Waals surface area contributed by atoms with Crippen molar-refractivity contribution in [1.82, 2.24) is 10.3 Å². The average molecular weight is 259 g/mol. The van der Waals surface area contributed by atoms with Gasteiger partial charge in [-0.15, -0.1) is 0 Å². The lowest BCUT2D eigenvalue weighted by Gasteiger charge is -2.14. The summed E-state index contributed by atoms with van der Waals surface area (Å²) in [5.74, 6) is 0.739. The third-order valence-electron chi connectivity index (χ3n) is 2.72. The van der Waals surface area contributed by atoms with E-state index in [1.165, 1.54) is 0 Å². The largest absolute Gasteiger partial charge is 0.469 e. The number of amides is 1. The number of rotatable bonds is 5. The molecule has 1 amide bonds. The van der Waals surface area contributed by atoms with Crippen molar-refractivity contribution in [2.75, 3.05) is 12.4 Å². The molecule has 2 N–H and O–H groups in total. The fourth-order valence-corrected chi connectivity index (χ4v) is 1.84. The molecule has 5 heteroatoms. The fourth-order valence-electron chi connectivity index (χ4n) is 1.84. The number of hydrogen-bond donors (Lipinski definition) is 2. The van der Waals surface area contributed by atoms with Crippen LogP contribution >= 0.6 is 0 Å². The van der Waals surface area contributed by atoms with E-state index in [4.69, 9.17) is 4.42 Å². The van der Waals surface area contributed by atoms with Crippen LogP contribution in [-0.4, -0.2) is 24.0 Å². The van der Waals surface area contributed by atoms with Crippen molar-refractivity contribution in [3.8, 4) is 0 Å². The minimum Gasteiger partial charge on any atom is -0.469 e. The van der Waals surface area contributed by atoms with E-state index in [1.54, 1.807) is 25.6 Å². The maximum absolute atomic E-state index is 11.5. The van der Waals surface area contributed by atoms with Gasteiger partial charge in [-0.05, 0) is 31.2 Å². The normalized spacial score (nSPS) is 11.9. The van der Waals surface area contributed by atoms with Crippen LogP contribution in [-0.2, 0) is 6.42 Å². The number of hydrogen-bond acceptors (Lipinski definition) is 4.